The molecule has 1 aliphatic rings. The highest BCUT2D eigenvalue weighted by Crippen LogP contribution is 2.39. The van der Waals surface area contributed by atoms with Crippen LogP contribution in [0.15, 0.2) is 53.6 Å². The van der Waals surface area contributed by atoms with Crippen molar-refractivity contribution in [1.29, 1.82) is 0 Å². The second-order valence-corrected chi connectivity index (χ2v) is 9.43. The van der Waals surface area contributed by atoms with E-state index in [2.05, 4.69) is 10.1 Å². The molecule has 0 N–H and O–H groups in total. The van der Waals surface area contributed by atoms with Crippen molar-refractivity contribution in [3.63, 3.8) is 0 Å². The number of nitrogens with zero attached hydrogens (tertiary/aromatic N) is 3. The molecule has 7 heteroatoms. The van der Waals surface area contributed by atoms with Gasteiger partial charge in [-0.05, 0) is 63.8 Å². The molecular formula is C22H25N3O3S. The van der Waals surface area contributed by atoms with E-state index in [4.69, 9.17) is 4.18 Å². The zero-order valence-electron chi connectivity index (χ0n) is 16.9. The Balaban J connectivity index is 1.36. The molecule has 1 fully saturated rings. The third kappa shape index (κ3) is 4.26. The van der Waals surface area contributed by atoms with Crippen LogP contribution in [0.1, 0.15) is 35.8 Å². The van der Waals surface area contributed by atoms with Gasteiger partial charge in [0.15, 0.2) is 0 Å². The van der Waals surface area contributed by atoms with Crippen LogP contribution < -0.4 is 0 Å². The Morgan fingerprint density at radius 2 is 1.79 bits per heavy atom. The molecule has 0 saturated heterocycles. The van der Waals surface area contributed by atoms with Crippen molar-refractivity contribution < 1.29 is 12.6 Å². The minimum atomic E-state index is -3.70. The molecule has 3 aromatic rings. The summed E-state index contributed by atoms with van der Waals surface area (Å²) in [5, 5.41) is 4.66. The quantitative estimate of drug-likeness (QED) is 0.568. The molecular weight excluding hydrogens is 386 g/mol. The fraction of sp³-hybridized carbons (Fsp3) is 0.364. The van der Waals surface area contributed by atoms with Crippen LogP contribution in [0.5, 0.6) is 0 Å². The Morgan fingerprint density at radius 1 is 1.07 bits per heavy atom. The fourth-order valence-electron chi connectivity index (χ4n) is 3.62. The summed E-state index contributed by atoms with van der Waals surface area (Å²) in [7, 11) is -3.70. The first-order valence-corrected chi connectivity index (χ1v) is 11.2. The van der Waals surface area contributed by atoms with E-state index in [-0.39, 0.29) is 23.5 Å². The summed E-state index contributed by atoms with van der Waals surface area (Å²) < 4.78 is 31.9. The van der Waals surface area contributed by atoms with Gasteiger partial charge in [-0.25, -0.2) is 0 Å². The second-order valence-electron chi connectivity index (χ2n) is 7.82. The molecule has 0 amide bonds. The summed E-state index contributed by atoms with van der Waals surface area (Å²) >= 11 is 0. The lowest BCUT2D eigenvalue weighted by Crippen LogP contribution is -2.31. The summed E-state index contributed by atoms with van der Waals surface area (Å²) in [4.78, 5) is 4.79. The van der Waals surface area contributed by atoms with E-state index >= 15 is 0 Å². The number of rotatable bonds is 6. The average Bonchev–Trinajstić information content (AvgIpc) is 3.02. The molecule has 0 atom stereocenters. The van der Waals surface area contributed by atoms with Gasteiger partial charge in [0.2, 0.25) is 0 Å². The van der Waals surface area contributed by atoms with E-state index < -0.39 is 10.1 Å². The zero-order chi connectivity index (χ0) is 20.6. The normalized spacial score (nSPS) is 19.1. The van der Waals surface area contributed by atoms with Gasteiger partial charge in [0.1, 0.15) is 0 Å². The molecule has 1 aliphatic carbocycles. The molecule has 6 nitrogen and oxygen atoms in total. The number of hydrogen-bond acceptors (Lipinski definition) is 5. The van der Waals surface area contributed by atoms with Crippen molar-refractivity contribution in [3.05, 3.63) is 65.6 Å². The maximum atomic E-state index is 12.3. The number of aryl methyl sites for hydroxylation is 3. The molecule has 2 heterocycles. The molecule has 4 rings (SSSR count). The lowest BCUT2D eigenvalue weighted by Gasteiger charge is -2.34. The molecule has 2 aromatic heterocycles. The molecule has 1 aromatic carbocycles. The Labute approximate surface area is 171 Å². The lowest BCUT2D eigenvalue weighted by atomic mass is 9.81. The van der Waals surface area contributed by atoms with Crippen molar-refractivity contribution in [1.82, 2.24) is 14.8 Å². The first-order chi connectivity index (χ1) is 13.8. The van der Waals surface area contributed by atoms with Gasteiger partial charge in [-0.1, -0.05) is 23.8 Å². The van der Waals surface area contributed by atoms with Crippen LogP contribution in [0.2, 0.25) is 0 Å². The molecule has 0 unspecified atom stereocenters. The highest BCUT2D eigenvalue weighted by Gasteiger charge is 2.33. The van der Waals surface area contributed by atoms with Gasteiger partial charge in [0.25, 0.3) is 10.1 Å². The fourth-order valence-corrected chi connectivity index (χ4v) is 4.60. The van der Waals surface area contributed by atoms with E-state index in [1.165, 1.54) is 0 Å². The van der Waals surface area contributed by atoms with E-state index in [9.17, 15) is 8.42 Å². The van der Waals surface area contributed by atoms with Crippen LogP contribution >= 0.6 is 0 Å². The lowest BCUT2D eigenvalue weighted by molar-refractivity contribution is 0.120. The van der Waals surface area contributed by atoms with Gasteiger partial charge >= 0.3 is 0 Å². The zero-order valence-corrected chi connectivity index (χ0v) is 17.7. The van der Waals surface area contributed by atoms with Gasteiger partial charge in [-0.3, -0.25) is 13.8 Å². The Kier molecular flexibility index (Phi) is 5.27. The summed E-state index contributed by atoms with van der Waals surface area (Å²) in [6, 6.07) is 13.0. The monoisotopic (exact) mass is 411 g/mol. The van der Waals surface area contributed by atoms with Crippen molar-refractivity contribution in [2.45, 2.75) is 44.6 Å². The molecule has 29 heavy (non-hydrogen) atoms. The van der Waals surface area contributed by atoms with Gasteiger partial charge in [-0.15, -0.1) is 0 Å². The molecule has 0 bridgehead atoms. The van der Waals surface area contributed by atoms with Crippen LogP contribution in [0.4, 0.5) is 0 Å². The van der Waals surface area contributed by atoms with Gasteiger partial charge in [0.05, 0.1) is 28.9 Å². The largest absolute Gasteiger partial charge is 0.296 e. The third-order valence-electron chi connectivity index (χ3n) is 5.43. The highest BCUT2D eigenvalue weighted by molar-refractivity contribution is 7.86. The molecule has 1 saturated carbocycles. The Hall–Kier alpha value is -2.51. The predicted molar refractivity (Wildman–Crippen MR) is 111 cm³/mol. The van der Waals surface area contributed by atoms with Gasteiger partial charge in [0, 0.05) is 17.5 Å². The minimum absolute atomic E-state index is 0.206. The van der Waals surface area contributed by atoms with Gasteiger partial charge in [-0.2, -0.15) is 13.5 Å². The maximum absolute atomic E-state index is 12.3. The SMILES string of the molecule is Cc1ccc(S(=O)(=O)OCC2CC(n3cc(-c4cccc(C)n4)c(C)n3)C2)cc1. The summed E-state index contributed by atoms with van der Waals surface area (Å²) in [6.07, 6.45) is 3.75. The van der Waals surface area contributed by atoms with Crippen molar-refractivity contribution in [2.75, 3.05) is 6.61 Å². The topological polar surface area (TPSA) is 74.1 Å². The van der Waals surface area contributed by atoms with Crippen molar-refractivity contribution in [3.8, 4) is 11.3 Å². The van der Waals surface area contributed by atoms with E-state index in [1.807, 2.05) is 49.8 Å². The Morgan fingerprint density at radius 3 is 2.48 bits per heavy atom. The van der Waals surface area contributed by atoms with Gasteiger partial charge < -0.3 is 0 Å². The number of aromatic nitrogens is 3. The summed E-state index contributed by atoms with van der Waals surface area (Å²) in [6.45, 7) is 6.09. The second kappa shape index (κ2) is 7.72. The number of benzene rings is 1. The standard InChI is InChI=1S/C22H25N3O3S/c1-15-7-9-20(10-8-15)29(26,27)28-14-18-11-19(12-18)25-13-21(17(3)24-25)22-6-4-5-16(2)23-22/h4-10,13,18-19H,11-12,14H2,1-3H3. The summed E-state index contributed by atoms with van der Waals surface area (Å²) in [5.41, 5.74) is 4.91. The Bertz CT molecular complexity index is 1110. The highest BCUT2D eigenvalue weighted by atomic mass is 32.2. The molecule has 0 spiro atoms. The maximum Gasteiger partial charge on any atom is 0.296 e. The van der Waals surface area contributed by atoms with Crippen molar-refractivity contribution >= 4 is 10.1 Å². The van der Waals surface area contributed by atoms with Crippen LogP contribution in [-0.2, 0) is 14.3 Å². The minimum Gasteiger partial charge on any atom is -0.269 e. The van der Waals surface area contributed by atoms with Crippen LogP contribution in [-0.4, -0.2) is 29.8 Å². The van der Waals surface area contributed by atoms with Crippen LogP contribution in [0.3, 0.4) is 0 Å². The average molecular weight is 412 g/mol. The molecule has 0 radical (unpaired) electrons. The van der Waals surface area contributed by atoms with Crippen molar-refractivity contribution in [2.24, 2.45) is 5.92 Å². The molecule has 152 valence electrons. The van der Waals surface area contributed by atoms with E-state index in [1.54, 1.807) is 24.3 Å². The van der Waals surface area contributed by atoms with Crippen LogP contribution in [0.25, 0.3) is 11.3 Å². The summed E-state index contributed by atoms with van der Waals surface area (Å²) in [5.74, 6) is 0.213. The first kappa shape index (κ1) is 19.8. The van der Waals surface area contributed by atoms with Crippen LogP contribution in [0, 0.1) is 26.7 Å². The number of hydrogen-bond donors (Lipinski definition) is 0. The molecule has 0 aliphatic heterocycles. The number of pyridine rings is 1. The van der Waals surface area contributed by atoms with E-state index in [0.717, 1.165) is 41.1 Å². The smallest absolute Gasteiger partial charge is 0.269 e. The first-order valence-electron chi connectivity index (χ1n) is 9.78. The third-order valence-corrected chi connectivity index (χ3v) is 6.73. The predicted octanol–water partition coefficient (Wildman–Crippen LogP) is 4.23. The van der Waals surface area contributed by atoms with E-state index in [0.29, 0.717) is 0 Å².